The first-order valence-electron chi connectivity index (χ1n) is 11.0. The first-order chi connectivity index (χ1) is 14.2. The molecule has 0 aromatic rings. The maximum Gasteiger partial charge on any atom is 0.233 e. The molecule has 0 aliphatic rings. The number of hydrogen-bond acceptors (Lipinski definition) is 6. The van der Waals surface area contributed by atoms with Crippen molar-refractivity contribution in [3.8, 4) is 0 Å². The van der Waals surface area contributed by atoms with E-state index >= 15 is 0 Å². The second-order valence-electron chi connectivity index (χ2n) is 7.59. The third kappa shape index (κ3) is 21.6. The standard InChI is InChI=1S/C20H38N2O5S.C2H6/c1-15(2)13-26-9-7-21-19(24)12-18(28-11-6-17(5)23)20(25)22-8-10-27-14-16(3)4;1-2/h15-16,18H,6-14H2,1-5H3,(H,21,24)(H,22,25);1-2H3. The Morgan fingerprint density at radius 1 is 0.867 bits per heavy atom. The van der Waals surface area contributed by atoms with E-state index in [0.29, 0.717) is 63.5 Å². The molecule has 0 aliphatic carbocycles. The third-order valence-corrected chi connectivity index (χ3v) is 4.68. The van der Waals surface area contributed by atoms with E-state index in [4.69, 9.17) is 9.47 Å². The van der Waals surface area contributed by atoms with Gasteiger partial charge in [0.15, 0.2) is 0 Å². The highest BCUT2D eigenvalue weighted by molar-refractivity contribution is 8.00. The summed E-state index contributed by atoms with van der Waals surface area (Å²) in [6.07, 6.45) is 0.460. The maximum atomic E-state index is 12.4. The molecule has 1 atom stereocenters. The van der Waals surface area contributed by atoms with Crippen molar-refractivity contribution in [3.05, 3.63) is 0 Å². The minimum absolute atomic E-state index is 0.0699. The van der Waals surface area contributed by atoms with Crippen LogP contribution in [0.1, 0.15) is 61.3 Å². The molecule has 178 valence electrons. The van der Waals surface area contributed by atoms with Gasteiger partial charge in [-0.05, 0) is 18.8 Å². The Bertz CT molecular complexity index is 459. The van der Waals surface area contributed by atoms with E-state index < -0.39 is 5.25 Å². The molecular weight excluding hydrogens is 404 g/mol. The van der Waals surface area contributed by atoms with Crippen molar-refractivity contribution in [3.63, 3.8) is 0 Å². The monoisotopic (exact) mass is 448 g/mol. The summed E-state index contributed by atoms with van der Waals surface area (Å²) < 4.78 is 10.9. The molecule has 7 nitrogen and oxygen atoms in total. The van der Waals surface area contributed by atoms with E-state index in [2.05, 4.69) is 38.3 Å². The topological polar surface area (TPSA) is 93.7 Å². The zero-order valence-electron chi connectivity index (χ0n) is 20.0. The Morgan fingerprint density at radius 2 is 1.37 bits per heavy atom. The van der Waals surface area contributed by atoms with Gasteiger partial charge in [-0.2, -0.15) is 0 Å². The van der Waals surface area contributed by atoms with Gasteiger partial charge in [0, 0.05) is 44.9 Å². The number of rotatable bonds is 17. The fraction of sp³-hybridized carbons (Fsp3) is 0.864. The van der Waals surface area contributed by atoms with Gasteiger partial charge in [0.1, 0.15) is 5.78 Å². The first kappa shape index (κ1) is 31.1. The molecule has 0 fully saturated rings. The minimum Gasteiger partial charge on any atom is -0.379 e. The van der Waals surface area contributed by atoms with Crippen molar-refractivity contribution in [2.24, 2.45) is 11.8 Å². The maximum absolute atomic E-state index is 12.4. The average Bonchev–Trinajstić information content (AvgIpc) is 2.67. The molecule has 0 bridgehead atoms. The molecule has 0 saturated heterocycles. The van der Waals surface area contributed by atoms with E-state index in [0.717, 1.165) is 0 Å². The van der Waals surface area contributed by atoms with Crippen molar-refractivity contribution >= 4 is 29.4 Å². The third-order valence-electron chi connectivity index (χ3n) is 3.45. The molecule has 2 amide bonds. The second-order valence-corrected chi connectivity index (χ2v) is 8.90. The number of nitrogens with one attached hydrogen (secondary N) is 2. The number of Topliss-reactive ketones (excluding diaryl/α,β-unsaturated/α-hetero) is 1. The zero-order valence-corrected chi connectivity index (χ0v) is 20.9. The first-order valence-corrected chi connectivity index (χ1v) is 12.1. The summed E-state index contributed by atoms with van der Waals surface area (Å²) in [5.74, 6) is 1.08. The van der Waals surface area contributed by atoms with Crippen molar-refractivity contribution in [1.82, 2.24) is 10.6 Å². The van der Waals surface area contributed by atoms with Crippen LogP contribution in [0.5, 0.6) is 0 Å². The Hall–Kier alpha value is -1.12. The molecule has 0 radical (unpaired) electrons. The van der Waals surface area contributed by atoms with E-state index in [1.165, 1.54) is 18.7 Å². The van der Waals surface area contributed by atoms with Crippen LogP contribution in [-0.2, 0) is 23.9 Å². The van der Waals surface area contributed by atoms with E-state index in [9.17, 15) is 14.4 Å². The molecule has 0 aromatic carbocycles. The highest BCUT2D eigenvalue weighted by Gasteiger charge is 2.22. The molecule has 0 rings (SSSR count). The van der Waals surface area contributed by atoms with Gasteiger partial charge in [0.05, 0.1) is 18.5 Å². The van der Waals surface area contributed by atoms with Gasteiger partial charge < -0.3 is 20.1 Å². The lowest BCUT2D eigenvalue weighted by Crippen LogP contribution is -2.39. The predicted octanol–water partition coefficient (Wildman–Crippen LogP) is 3.06. The van der Waals surface area contributed by atoms with Gasteiger partial charge in [-0.25, -0.2) is 0 Å². The van der Waals surface area contributed by atoms with Crippen LogP contribution in [0.3, 0.4) is 0 Å². The minimum atomic E-state index is -0.527. The van der Waals surface area contributed by atoms with Crippen molar-refractivity contribution in [1.29, 1.82) is 0 Å². The van der Waals surface area contributed by atoms with Gasteiger partial charge in [0.25, 0.3) is 0 Å². The summed E-state index contributed by atoms with van der Waals surface area (Å²) in [6.45, 7) is 16.8. The van der Waals surface area contributed by atoms with Crippen LogP contribution in [-0.4, -0.2) is 68.1 Å². The summed E-state index contributed by atoms with van der Waals surface area (Å²) in [5.41, 5.74) is 0. The van der Waals surface area contributed by atoms with Crippen LogP contribution >= 0.6 is 11.8 Å². The zero-order chi connectivity index (χ0) is 23.4. The summed E-state index contributed by atoms with van der Waals surface area (Å²) in [7, 11) is 0. The number of carbonyl (C=O) groups is 3. The lowest BCUT2D eigenvalue weighted by Gasteiger charge is -2.17. The molecule has 0 aromatic heterocycles. The molecule has 0 aliphatic heterocycles. The molecule has 30 heavy (non-hydrogen) atoms. The van der Waals surface area contributed by atoms with Crippen LogP contribution in [0.15, 0.2) is 0 Å². The molecule has 0 spiro atoms. The quantitative estimate of drug-likeness (QED) is 0.332. The molecular formula is C22H44N2O5S. The van der Waals surface area contributed by atoms with Gasteiger partial charge >= 0.3 is 0 Å². The van der Waals surface area contributed by atoms with Crippen molar-refractivity contribution < 1.29 is 23.9 Å². The summed E-state index contributed by atoms with van der Waals surface area (Å²) in [6, 6.07) is 0. The van der Waals surface area contributed by atoms with Crippen LogP contribution in [0.4, 0.5) is 0 Å². The van der Waals surface area contributed by atoms with Crippen LogP contribution in [0.25, 0.3) is 0 Å². The molecule has 8 heteroatoms. The summed E-state index contributed by atoms with van der Waals surface area (Å²) in [5, 5.41) is 5.07. The normalized spacial score (nSPS) is 11.6. The Morgan fingerprint density at radius 3 is 1.83 bits per heavy atom. The number of thioether (sulfide) groups is 1. The van der Waals surface area contributed by atoms with Gasteiger partial charge in [-0.1, -0.05) is 41.5 Å². The molecule has 0 heterocycles. The lowest BCUT2D eigenvalue weighted by atomic mass is 10.2. The second kappa shape index (κ2) is 21.1. The number of ketones is 1. The van der Waals surface area contributed by atoms with Crippen LogP contribution in [0, 0.1) is 11.8 Å². The Kier molecular flexibility index (Phi) is 21.9. The van der Waals surface area contributed by atoms with Gasteiger partial charge in [0.2, 0.25) is 11.8 Å². The highest BCUT2D eigenvalue weighted by atomic mass is 32.2. The summed E-state index contributed by atoms with van der Waals surface area (Å²) >= 11 is 1.34. The number of carbonyl (C=O) groups excluding carboxylic acids is 3. The Balaban J connectivity index is 0. The van der Waals surface area contributed by atoms with Crippen molar-refractivity contribution in [2.75, 3.05) is 45.3 Å². The predicted molar refractivity (Wildman–Crippen MR) is 125 cm³/mol. The van der Waals surface area contributed by atoms with Crippen molar-refractivity contribution in [2.45, 2.75) is 66.6 Å². The highest BCUT2D eigenvalue weighted by Crippen LogP contribution is 2.16. The number of ether oxygens (including phenoxy) is 2. The lowest BCUT2D eigenvalue weighted by molar-refractivity contribution is -0.126. The number of amides is 2. The molecule has 2 N–H and O–H groups in total. The smallest absolute Gasteiger partial charge is 0.233 e. The SMILES string of the molecule is CC.CC(=O)CCSC(CC(=O)NCCOCC(C)C)C(=O)NCCOCC(C)C. The number of hydrogen-bond donors (Lipinski definition) is 2. The summed E-state index contributed by atoms with van der Waals surface area (Å²) in [4.78, 5) is 35.7. The van der Waals surface area contributed by atoms with Crippen LogP contribution < -0.4 is 10.6 Å². The fourth-order valence-electron chi connectivity index (χ4n) is 2.07. The van der Waals surface area contributed by atoms with E-state index in [1.807, 2.05) is 13.8 Å². The molecule has 1 unspecified atom stereocenters. The average molecular weight is 449 g/mol. The molecule has 0 saturated carbocycles. The fourth-order valence-corrected chi connectivity index (χ4v) is 3.27. The van der Waals surface area contributed by atoms with Crippen LogP contribution in [0.2, 0.25) is 0 Å². The largest absolute Gasteiger partial charge is 0.379 e. The Labute approximate surface area is 187 Å². The van der Waals surface area contributed by atoms with E-state index in [-0.39, 0.29) is 24.0 Å². The van der Waals surface area contributed by atoms with Gasteiger partial charge in [-0.3, -0.25) is 14.4 Å². The van der Waals surface area contributed by atoms with E-state index in [1.54, 1.807) is 0 Å². The van der Waals surface area contributed by atoms with Gasteiger partial charge in [-0.15, -0.1) is 11.8 Å².